The van der Waals surface area contributed by atoms with Crippen molar-refractivity contribution in [1.82, 2.24) is 29.3 Å². The largest absolute Gasteiger partial charge is 0.394 e. The van der Waals surface area contributed by atoms with Crippen molar-refractivity contribution in [2.75, 3.05) is 13.2 Å². The number of aryl methyl sites for hydroxylation is 1. The van der Waals surface area contributed by atoms with E-state index in [2.05, 4.69) is 19.9 Å². The summed E-state index contributed by atoms with van der Waals surface area (Å²) in [6.07, 6.45) is 4.59. The lowest BCUT2D eigenvalue weighted by Crippen LogP contribution is -2.26. The van der Waals surface area contributed by atoms with Crippen molar-refractivity contribution in [1.29, 1.82) is 0 Å². The van der Waals surface area contributed by atoms with E-state index < -0.39 is 10.0 Å². The Labute approximate surface area is 116 Å². The molecule has 0 aliphatic heterocycles. The molecular weight excluding hydrogens is 284 g/mol. The van der Waals surface area contributed by atoms with E-state index in [-0.39, 0.29) is 24.6 Å². The molecular formula is C10H16N6O3S. The summed E-state index contributed by atoms with van der Waals surface area (Å²) in [7, 11) is -1.85. The van der Waals surface area contributed by atoms with Gasteiger partial charge in [-0.3, -0.25) is 9.36 Å². The van der Waals surface area contributed by atoms with E-state index >= 15 is 0 Å². The van der Waals surface area contributed by atoms with Gasteiger partial charge in [0.1, 0.15) is 11.2 Å². The smallest absolute Gasteiger partial charge is 0.243 e. The van der Waals surface area contributed by atoms with Crippen molar-refractivity contribution in [3.05, 3.63) is 24.5 Å². The molecule has 0 saturated heterocycles. The molecule has 9 nitrogen and oxygen atoms in total. The molecule has 0 bridgehead atoms. The number of hydrogen-bond acceptors (Lipinski definition) is 6. The van der Waals surface area contributed by atoms with Crippen LogP contribution >= 0.6 is 0 Å². The first kappa shape index (κ1) is 14.6. The van der Waals surface area contributed by atoms with Crippen LogP contribution in [0.25, 0.3) is 0 Å². The van der Waals surface area contributed by atoms with Crippen LogP contribution < -0.4 is 4.72 Å². The van der Waals surface area contributed by atoms with Gasteiger partial charge in [-0.25, -0.2) is 18.1 Å². The van der Waals surface area contributed by atoms with Crippen molar-refractivity contribution in [2.45, 2.75) is 17.9 Å². The number of aliphatic hydroxyl groups excluding tert-OH is 1. The third-order valence-corrected chi connectivity index (χ3v) is 3.95. The van der Waals surface area contributed by atoms with E-state index in [1.165, 1.54) is 17.1 Å². The van der Waals surface area contributed by atoms with Crippen LogP contribution in [0.2, 0.25) is 0 Å². The highest BCUT2D eigenvalue weighted by atomic mass is 32.2. The van der Waals surface area contributed by atoms with Crippen molar-refractivity contribution in [2.24, 2.45) is 7.05 Å². The van der Waals surface area contributed by atoms with Gasteiger partial charge in [-0.2, -0.15) is 10.2 Å². The second kappa shape index (κ2) is 6.11. The highest BCUT2D eigenvalue weighted by Crippen LogP contribution is 2.06. The summed E-state index contributed by atoms with van der Waals surface area (Å²) in [5.41, 5.74) is 0. The number of hydrogen-bond donors (Lipinski definition) is 2. The monoisotopic (exact) mass is 300 g/mol. The molecule has 2 rings (SSSR count). The fraction of sp³-hybridized carbons (Fsp3) is 0.500. The molecule has 2 N–H and O–H groups in total. The molecule has 20 heavy (non-hydrogen) atoms. The first-order chi connectivity index (χ1) is 9.51. The van der Waals surface area contributed by atoms with Gasteiger partial charge in [-0.15, -0.1) is 0 Å². The lowest BCUT2D eigenvalue weighted by molar-refractivity contribution is 0.269. The first-order valence-electron chi connectivity index (χ1n) is 5.99. The van der Waals surface area contributed by atoms with Crippen LogP contribution in [0.3, 0.4) is 0 Å². The van der Waals surface area contributed by atoms with Crippen LogP contribution in [0.1, 0.15) is 5.82 Å². The zero-order valence-corrected chi connectivity index (χ0v) is 11.8. The highest BCUT2D eigenvalue weighted by molar-refractivity contribution is 7.89. The Morgan fingerprint density at radius 2 is 2.25 bits per heavy atom. The quantitative estimate of drug-likeness (QED) is 0.645. The molecule has 2 aromatic heterocycles. The first-order valence-corrected chi connectivity index (χ1v) is 7.47. The third kappa shape index (κ3) is 3.62. The van der Waals surface area contributed by atoms with Gasteiger partial charge in [0.2, 0.25) is 10.0 Å². The Hall–Kier alpha value is -1.78. The second-order valence-corrected chi connectivity index (χ2v) is 5.91. The van der Waals surface area contributed by atoms with Gasteiger partial charge in [0.15, 0.2) is 5.82 Å². The standard InChI is InChI=1S/C10H16N6O3S/c1-15-8-11-10(14-15)2-3-13-20(18,19)9-6-12-16(7-9)4-5-17/h6-8,13,17H,2-5H2,1H3. The van der Waals surface area contributed by atoms with Crippen molar-refractivity contribution >= 4 is 10.0 Å². The van der Waals surface area contributed by atoms with E-state index in [0.29, 0.717) is 12.2 Å². The Bertz CT molecular complexity index is 662. The van der Waals surface area contributed by atoms with Gasteiger partial charge < -0.3 is 5.11 Å². The van der Waals surface area contributed by atoms with Crippen molar-refractivity contribution in [3.63, 3.8) is 0 Å². The van der Waals surface area contributed by atoms with E-state index in [0.717, 1.165) is 0 Å². The van der Waals surface area contributed by atoms with Gasteiger partial charge >= 0.3 is 0 Å². The molecule has 0 radical (unpaired) electrons. The molecule has 0 fully saturated rings. The molecule has 10 heteroatoms. The summed E-state index contributed by atoms with van der Waals surface area (Å²) in [6, 6.07) is 0. The topological polar surface area (TPSA) is 115 Å². The predicted octanol–water partition coefficient (Wildman–Crippen LogP) is -1.48. The average molecular weight is 300 g/mol. The molecule has 0 atom stereocenters. The van der Waals surface area contributed by atoms with Crippen molar-refractivity contribution < 1.29 is 13.5 Å². The zero-order chi connectivity index (χ0) is 14.6. The van der Waals surface area contributed by atoms with Crippen LogP contribution in [-0.4, -0.2) is 51.2 Å². The minimum Gasteiger partial charge on any atom is -0.394 e. The maximum absolute atomic E-state index is 12.0. The molecule has 0 aliphatic carbocycles. The van der Waals surface area contributed by atoms with Gasteiger partial charge in [-0.05, 0) is 0 Å². The van der Waals surface area contributed by atoms with Gasteiger partial charge in [0.25, 0.3) is 0 Å². The molecule has 110 valence electrons. The number of aromatic nitrogens is 5. The summed E-state index contributed by atoms with van der Waals surface area (Å²) in [4.78, 5) is 4.08. The number of nitrogens with zero attached hydrogens (tertiary/aromatic N) is 5. The lowest BCUT2D eigenvalue weighted by Gasteiger charge is -2.02. The molecule has 2 heterocycles. The Balaban J connectivity index is 1.92. The summed E-state index contributed by atoms with van der Waals surface area (Å²) in [5.74, 6) is 0.575. The van der Waals surface area contributed by atoms with Gasteiger partial charge in [-0.1, -0.05) is 0 Å². The summed E-state index contributed by atoms with van der Waals surface area (Å²) in [6.45, 7) is 0.366. The molecule has 0 unspecified atom stereocenters. The number of nitrogens with one attached hydrogen (secondary N) is 1. The molecule has 0 saturated carbocycles. The number of rotatable bonds is 7. The molecule has 0 spiro atoms. The van der Waals surface area contributed by atoms with Crippen LogP contribution in [0.5, 0.6) is 0 Å². The van der Waals surface area contributed by atoms with Crippen molar-refractivity contribution in [3.8, 4) is 0 Å². The maximum atomic E-state index is 12.0. The minimum atomic E-state index is -3.60. The van der Waals surface area contributed by atoms with Gasteiger partial charge in [0.05, 0.1) is 19.3 Å². The summed E-state index contributed by atoms with van der Waals surface area (Å²) >= 11 is 0. The normalized spacial score (nSPS) is 11.9. The zero-order valence-electron chi connectivity index (χ0n) is 11.0. The average Bonchev–Trinajstić information content (AvgIpc) is 2.99. The summed E-state index contributed by atoms with van der Waals surface area (Å²) in [5, 5.41) is 16.7. The van der Waals surface area contributed by atoms with Crippen LogP contribution in [0.4, 0.5) is 0 Å². The van der Waals surface area contributed by atoms with Crippen LogP contribution in [0, 0.1) is 0 Å². The van der Waals surface area contributed by atoms with Crippen LogP contribution in [0.15, 0.2) is 23.6 Å². The van der Waals surface area contributed by atoms with Crippen LogP contribution in [-0.2, 0) is 30.0 Å². The number of aliphatic hydroxyl groups is 1. The van der Waals surface area contributed by atoms with Gasteiger partial charge in [0, 0.05) is 26.2 Å². The van der Waals surface area contributed by atoms with E-state index in [9.17, 15) is 8.42 Å². The maximum Gasteiger partial charge on any atom is 0.243 e. The van der Waals surface area contributed by atoms with E-state index in [1.807, 2.05) is 0 Å². The Morgan fingerprint density at radius 1 is 1.45 bits per heavy atom. The minimum absolute atomic E-state index is 0.0694. The fourth-order valence-electron chi connectivity index (χ4n) is 1.59. The second-order valence-electron chi connectivity index (χ2n) is 4.14. The molecule has 2 aromatic rings. The molecule has 0 aliphatic rings. The predicted molar refractivity (Wildman–Crippen MR) is 69.2 cm³/mol. The van der Waals surface area contributed by atoms with E-state index in [1.54, 1.807) is 18.1 Å². The molecule has 0 aromatic carbocycles. The lowest BCUT2D eigenvalue weighted by atomic mass is 10.4. The number of sulfonamides is 1. The Morgan fingerprint density at radius 3 is 2.90 bits per heavy atom. The molecule has 0 amide bonds. The highest BCUT2D eigenvalue weighted by Gasteiger charge is 2.16. The summed E-state index contributed by atoms with van der Waals surface area (Å²) < 4.78 is 29.3. The Kier molecular flexibility index (Phi) is 4.47. The van der Waals surface area contributed by atoms with E-state index in [4.69, 9.17) is 5.11 Å². The third-order valence-electron chi connectivity index (χ3n) is 2.54. The fourth-order valence-corrected chi connectivity index (χ4v) is 2.57. The SMILES string of the molecule is Cn1cnc(CCNS(=O)(=O)c2cnn(CCO)c2)n1.